The molecule has 3 nitrogen and oxygen atoms in total. The van der Waals surface area contributed by atoms with Crippen LogP contribution in [0.5, 0.6) is 0 Å². The van der Waals surface area contributed by atoms with Crippen molar-refractivity contribution in [1.29, 1.82) is 0 Å². The standard InChI is InChI=1S/C19H20F2N2O/c20-15-9-16(21)11-17(10-15)22-12-18(24)23-13-19(7-4-8-19)14-5-2-1-3-6-14/h1-3,5-6,9-11,22H,4,7-8,12-13H2,(H,23,24). The second-order valence-electron chi connectivity index (χ2n) is 6.29. The van der Waals surface area contributed by atoms with Crippen LogP contribution < -0.4 is 10.6 Å². The number of carbonyl (C=O) groups excluding carboxylic acids is 1. The van der Waals surface area contributed by atoms with E-state index in [4.69, 9.17) is 0 Å². The summed E-state index contributed by atoms with van der Waals surface area (Å²) in [6.07, 6.45) is 3.27. The fourth-order valence-electron chi connectivity index (χ4n) is 3.13. The highest BCUT2D eigenvalue weighted by Crippen LogP contribution is 2.43. The smallest absolute Gasteiger partial charge is 0.239 e. The predicted molar refractivity (Wildman–Crippen MR) is 89.8 cm³/mol. The number of carbonyl (C=O) groups is 1. The Morgan fingerprint density at radius 3 is 2.29 bits per heavy atom. The van der Waals surface area contributed by atoms with Crippen molar-refractivity contribution in [3.8, 4) is 0 Å². The number of anilines is 1. The normalized spacial score (nSPS) is 15.4. The molecule has 0 atom stereocenters. The molecule has 0 bridgehead atoms. The molecule has 0 radical (unpaired) electrons. The highest BCUT2D eigenvalue weighted by atomic mass is 19.1. The molecule has 0 unspecified atom stereocenters. The van der Waals surface area contributed by atoms with Crippen LogP contribution in [0.15, 0.2) is 48.5 Å². The molecular formula is C19H20F2N2O. The van der Waals surface area contributed by atoms with Crippen LogP contribution in [0.2, 0.25) is 0 Å². The van der Waals surface area contributed by atoms with Crippen molar-refractivity contribution >= 4 is 11.6 Å². The number of rotatable bonds is 6. The Morgan fingerprint density at radius 2 is 1.71 bits per heavy atom. The van der Waals surface area contributed by atoms with Crippen LogP contribution in [0.4, 0.5) is 14.5 Å². The Hall–Kier alpha value is -2.43. The number of nitrogens with one attached hydrogen (secondary N) is 2. The molecule has 0 spiro atoms. The van der Waals surface area contributed by atoms with E-state index in [1.165, 1.54) is 5.56 Å². The van der Waals surface area contributed by atoms with Crippen molar-refractivity contribution in [2.75, 3.05) is 18.4 Å². The van der Waals surface area contributed by atoms with Crippen molar-refractivity contribution in [3.05, 3.63) is 65.7 Å². The number of benzene rings is 2. The third kappa shape index (κ3) is 3.72. The van der Waals surface area contributed by atoms with Crippen molar-refractivity contribution < 1.29 is 13.6 Å². The Labute approximate surface area is 140 Å². The van der Waals surface area contributed by atoms with Gasteiger partial charge in [0.25, 0.3) is 0 Å². The highest BCUT2D eigenvalue weighted by Gasteiger charge is 2.38. The zero-order chi connectivity index (χ0) is 17.0. The first-order valence-corrected chi connectivity index (χ1v) is 8.10. The maximum atomic E-state index is 13.1. The summed E-state index contributed by atoms with van der Waals surface area (Å²) < 4.78 is 26.2. The molecule has 126 valence electrons. The van der Waals surface area contributed by atoms with Gasteiger partial charge in [0, 0.05) is 23.7 Å². The summed E-state index contributed by atoms with van der Waals surface area (Å²) in [4.78, 5) is 12.0. The summed E-state index contributed by atoms with van der Waals surface area (Å²) in [7, 11) is 0. The van der Waals surface area contributed by atoms with Crippen LogP contribution in [-0.2, 0) is 10.2 Å². The van der Waals surface area contributed by atoms with E-state index in [0.29, 0.717) is 6.54 Å². The average Bonchev–Trinajstić information content (AvgIpc) is 2.52. The summed E-state index contributed by atoms with van der Waals surface area (Å²) in [6, 6.07) is 13.3. The zero-order valence-electron chi connectivity index (χ0n) is 13.3. The van der Waals surface area contributed by atoms with E-state index >= 15 is 0 Å². The number of hydrogen-bond acceptors (Lipinski definition) is 2. The Balaban J connectivity index is 1.53. The van der Waals surface area contributed by atoms with Gasteiger partial charge in [0.2, 0.25) is 5.91 Å². The second-order valence-corrected chi connectivity index (χ2v) is 6.29. The van der Waals surface area contributed by atoms with Gasteiger partial charge in [0.05, 0.1) is 6.54 Å². The lowest BCUT2D eigenvalue weighted by Crippen LogP contribution is -2.46. The summed E-state index contributed by atoms with van der Waals surface area (Å²) in [6.45, 7) is 0.558. The van der Waals surface area contributed by atoms with Crippen LogP contribution in [0, 0.1) is 11.6 Å². The van der Waals surface area contributed by atoms with Crippen LogP contribution in [0.25, 0.3) is 0 Å². The molecule has 0 saturated heterocycles. The van der Waals surface area contributed by atoms with E-state index < -0.39 is 11.6 Å². The first kappa shape index (κ1) is 16.4. The van der Waals surface area contributed by atoms with E-state index in [9.17, 15) is 13.6 Å². The molecule has 0 aromatic heterocycles. The third-order valence-electron chi connectivity index (χ3n) is 4.64. The van der Waals surface area contributed by atoms with E-state index in [1.54, 1.807) is 0 Å². The molecule has 1 saturated carbocycles. The minimum absolute atomic E-state index is 0.0158. The first-order valence-electron chi connectivity index (χ1n) is 8.10. The third-order valence-corrected chi connectivity index (χ3v) is 4.64. The van der Waals surface area contributed by atoms with Crippen LogP contribution in [0.1, 0.15) is 24.8 Å². The van der Waals surface area contributed by atoms with E-state index in [1.807, 2.05) is 18.2 Å². The van der Waals surface area contributed by atoms with Gasteiger partial charge in [-0.1, -0.05) is 36.8 Å². The van der Waals surface area contributed by atoms with Gasteiger partial charge in [-0.3, -0.25) is 4.79 Å². The molecule has 2 aromatic carbocycles. The van der Waals surface area contributed by atoms with E-state index in [0.717, 1.165) is 37.5 Å². The monoisotopic (exact) mass is 330 g/mol. The lowest BCUT2D eigenvalue weighted by molar-refractivity contribution is -0.119. The van der Waals surface area contributed by atoms with Gasteiger partial charge in [-0.15, -0.1) is 0 Å². The molecule has 2 N–H and O–H groups in total. The SMILES string of the molecule is O=C(CNc1cc(F)cc(F)c1)NCC1(c2ccccc2)CCC1. The fourth-order valence-corrected chi connectivity index (χ4v) is 3.13. The Bertz CT molecular complexity index is 694. The van der Waals surface area contributed by atoms with Crippen molar-refractivity contribution in [2.24, 2.45) is 0 Å². The maximum absolute atomic E-state index is 13.1. The average molecular weight is 330 g/mol. The van der Waals surface area contributed by atoms with Crippen molar-refractivity contribution in [1.82, 2.24) is 5.32 Å². The number of amides is 1. The fraction of sp³-hybridized carbons (Fsp3) is 0.316. The quantitative estimate of drug-likeness (QED) is 0.849. The summed E-state index contributed by atoms with van der Waals surface area (Å²) in [5.74, 6) is -1.53. The van der Waals surface area contributed by atoms with Gasteiger partial charge in [-0.2, -0.15) is 0 Å². The molecule has 2 aromatic rings. The number of hydrogen-bond donors (Lipinski definition) is 2. The molecule has 3 rings (SSSR count). The summed E-state index contributed by atoms with van der Waals surface area (Å²) >= 11 is 0. The maximum Gasteiger partial charge on any atom is 0.239 e. The molecular weight excluding hydrogens is 310 g/mol. The largest absolute Gasteiger partial charge is 0.376 e. The molecule has 1 aliphatic carbocycles. The molecule has 1 aliphatic rings. The second kappa shape index (κ2) is 6.99. The lowest BCUT2D eigenvalue weighted by Gasteiger charge is -2.42. The molecule has 1 amide bonds. The van der Waals surface area contributed by atoms with Crippen LogP contribution >= 0.6 is 0 Å². The van der Waals surface area contributed by atoms with Gasteiger partial charge in [-0.25, -0.2) is 8.78 Å². The van der Waals surface area contributed by atoms with Gasteiger partial charge in [0.1, 0.15) is 11.6 Å². The van der Waals surface area contributed by atoms with Gasteiger partial charge < -0.3 is 10.6 Å². The van der Waals surface area contributed by atoms with Crippen molar-refractivity contribution in [2.45, 2.75) is 24.7 Å². The molecule has 0 heterocycles. The first-order chi connectivity index (χ1) is 11.6. The Morgan fingerprint density at radius 1 is 1.04 bits per heavy atom. The van der Waals surface area contributed by atoms with Crippen LogP contribution in [0.3, 0.4) is 0 Å². The molecule has 5 heteroatoms. The number of halogens is 2. The summed E-state index contributed by atoms with van der Waals surface area (Å²) in [5, 5.41) is 5.68. The van der Waals surface area contributed by atoms with E-state index in [2.05, 4.69) is 22.8 Å². The predicted octanol–water partition coefficient (Wildman–Crippen LogP) is 3.61. The van der Waals surface area contributed by atoms with Crippen LogP contribution in [-0.4, -0.2) is 19.0 Å². The molecule has 1 fully saturated rings. The lowest BCUT2D eigenvalue weighted by atomic mass is 9.64. The summed E-state index contributed by atoms with van der Waals surface area (Å²) in [5.41, 5.74) is 1.52. The van der Waals surface area contributed by atoms with Gasteiger partial charge >= 0.3 is 0 Å². The minimum Gasteiger partial charge on any atom is -0.376 e. The van der Waals surface area contributed by atoms with Crippen molar-refractivity contribution in [3.63, 3.8) is 0 Å². The molecule has 24 heavy (non-hydrogen) atoms. The van der Waals surface area contributed by atoms with Gasteiger partial charge in [-0.05, 0) is 30.5 Å². The topological polar surface area (TPSA) is 41.1 Å². The zero-order valence-corrected chi connectivity index (χ0v) is 13.3. The highest BCUT2D eigenvalue weighted by molar-refractivity contribution is 5.80. The minimum atomic E-state index is -0.671. The Kier molecular flexibility index (Phi) is 4.79. The van der Waals surface area contributed by atoms with Gasteiger partial charge in [0.15, 0.2) is 0 Å². The molecule has 0 aliphatic heterocycles. The van der Waals surface area contributed by atoms with E-state index in [-0.39, 0.29) is 23.6 Å².